The second-order valence-corrected chi connectivity index (χ2v) is 8.52. The molecule has 4 rings (SSSR count). The number of allylic oxidation sites excluding steroid dienone is 1. The Morgan fingerprint density at radius 1 is 0.938 bits per heavy atom. The van der Waals surface area contributed by atoms with Gasteiger partial charge in [-0.1, -0.05) is 42.5 Å². The van der Waals surface area contributed by atoms with E-state index in [1.54, 1.807) is 12.1 Å². The third-order valence-corrected chi connectivity index (χ3v) is 6.53. The number of hydrogen-bond acceptors (Lipinski definition) is 1. The number of hydrogen-bond donors (Lipinski definition) is 0. The molecule has 0 aliphatic heterocycles. The Labute approximate surface area is 185 Å². The first kappa shape index (κ1) is 22.4. The van der Waals surface area contributed by atoms with Crippen molar-refractivity contribution in [2.24, 2.45) is 5.92 Å². The molecule has 0 aromatic heterocycles. The minimum Gasteiger partial charge on any atom is -0.429 e. The number of halogens is 4. The summed E-state index contributed by atoms with van der Waals surface area (Å²) in [5.41, 5.74) is 3.06. The lowest BCUT2D eigenvalue weighted by atomic mass is 9.77. The highest BCUT2D eigenvalue weighted by Gasteiger charge is 2.22. The van der Waals surface area contributed by atoms with E-state index in [-0.39, 0.29) is 5.39 Å². The highest BCUT2D eigenvalue weighted by atomic mass is 19.3. The van der Waals surface area contributed by atoms with Gasteiger partial charge in [-0.15, -0.1) is 6.58 Å². The van der Waals surface area contributed by atoms with E-state index in [1.165, 1.54) is 43.7 Å². The normalized spacial score (nSPS) is 18.8. The van der Waals surface area contributed by atoms with Gasteiger partial charge in [0.2, 0.25) is 0 Å². The largest absolute Gasteiger partial charge is 0.429 e. The molecule has 1 saturated carbocycles. The molecule has 0 unspecified atom stereocenters. The Hall–Kier alpha value is -2.82. The van der Waals surface area contributed by atoms with Gasteiger partial charge in [-0.3, -0.25) is 0 Å². The van der Waals surface area contributed by atoms with Crippen molar-refractivity contribution in [1.82, 2.24) is 0 Å². The third-order valence-electron chi connectivity index (χ3n) is 6.53. The molecule has 3 aromatic carbocycles. The SMILES string of the molecule is C=CCCC1CCC(c2ccc(-c3ccc4c(F)c(OC(F)F)c(F)cc4c3)cc2)CC1. The first-order chi connectivity index (χ1) is 15.5. The molecular formula is C27H26F4O. The van der Waals surface area contributed by atoms with Crippen molar-refractivity contribution >= 4 is 10.8 Å². The van der Waals surface area contributed by atoms with Crippen LogP contribution in [-0.4, -0.2) is 6.61 Å². The van der Waals surface area contributed by atoms with E-state index in [0.717, 1.165) is 29.5 Å². The minimum atomic E-state index is -3.29. The second kappa shape index (κ2) is 9.76. The molecule has 0 N–H and O–H groups in total. The van der Waals surface area contributed by atoms with E-state index in [4.69, 9.17) is 0 Å². The number of fused-ring (bicyclic) bond motifs is 1. The summed E-state index contributed by atoms with van der Waals surface area (Å²) in [5, 5.41) is 0.330. The van der Waals surface area contributed by atoms with Crippen molar-refractivity contribution in [3.05, 3.63) is 78.4 Å². The van der Waals surface area contributed by atoms with Crippen molar-refractivity contribution in [2.75, 3.05) is 0 Å². The van der Waals surface area contributed by atoms with Gasteiger partial charge in [0, 0.05) is 5.39 Å². The molecular weight excluding hydrogens is 416 g/mol. The predicted octanol–water partition coefficient (Wildman–Crippen LogP) is 8.63. The zero-order valence-electron chi connectivity index (χ0n) is 17.8. The van der Waals surface area contributed by atoms with E-state index < -0.39 is 24.0 Å². The smallest absolute Gasteiger partial charge is 0.387 e. The van der Waals surface area contributed by atoms with Crippen LogP contribution in [0, 0.1) is 17.6 Å². The Balaban J connectivity index is 1.51. The van der Waals surface area contributed by atoms with Gasteiger partial charge in [-0.25, -0.2) is 8.78 Å². The summed E-state index contributed by atoms with van der Waals surface area (Å²) < 4.78 is 57.5. The molecule has 32 heavy (non-hydrogen) atoms. The summed E-state index contributed by atoms with van der Waals surface area (Å²) in [7, 11) is 0. The van der Waals surface area contributed by atoms with Crippen LogP contribution in [0.4, 0.5) is 17.6 Å². The van der Waals surface area contributed by atoms with Gasteiger partial charge >= 0.3 is 6.61 Å². The molecule has 0 heterocycles. The van der Waals surface area contributed by atoms with Crippen LogP contribution in [0.25, 0.3) is 21.9 Å². The maximum atomic E-state index is 14.5. The molecule has 3 aromatic rings. The molecule has 0 atom stereocenters. The summed E-state index contributed by atoms with van der Waals surface area (Å²) in [6.07, 6.45) is 9.20. The van der Waals surface area contributed by atoms with Gasteiger partial charge in [-0.2, -0.15) is 8.78 Å². The second-order valence-electron chi connectivity index (χ2n) is 8.52. The predicted molar refractivity (Wildman–Crippen MR) is 120 cm³/mol. The standard InChI is InChI=1S/C27H26F4O/c1-2-3-4-17-5-7-18(8-6-17)19-9-11-20(12-10-19)21-13-14-23-22(15-21)16-24(28)26(25(23)29)32-27(30)31/h2,9-18,27H,1,3-8H2. The molecule has 0 bridgehead atoms. The van der Waals surface area contributed by atoms with Gasteiger partial charge in [0.25, 0.3) is 0 Å². The maximum Gasteiger partial charge on any atom is 0.387 e. The van der Waals surface area contributed by atoms with Gasteiger partial charge in [0.1, 0.15) is 0 Å². The fourth-order valence-electron chi connectivity index (χ4n) is 4.77. The molecule has 168 valence electrons. The summed E-state index contributed by atoms with van der Waals surface area (Å²) in [6.45, 7) is 0.515. The molecule has 0 radical (unpaired) electrons. The van der Waals surface area contributed by atoms with Gasteiger partial charge in [0.05, 0.1) is 0 Å². The highest BCUT2D eigenvalue weighted by molar-refractivity contribution is 5.89. The van der Waals surface area contributed by atoms with E-state index in [1.807, 2.05) is 18.2 Å². The molecule has 0 saturated heterocycles. The lowest BCUT2D eigenvalue weighted by Crippen LogP contribution is -2.13. The van der Waals surface area contributed by atoms with Gasteiger partial charge in [0.15, 0.2) is 17.4 Å². The Kier molecular flexibility index (Phi) is 6.83. The summed E-state index contributed by atoms with van der Waals surface area (Å²) in [5.74, 6) is -1.95. The van der Waals surface area contributed by atoms with Gasteiger partial charge < -0.3 is 4.74 Å². The lowest BCUT2D eigenvalue weighted by Gasteiger charge is -2.28. The highest BCUT2D eigenvalue weighted by Crippen LogP contribution is 2.38. The molecule has 5 heteroatoms. The first-order valence-corrected chi connectivity index (χ1v) is 11.0. The van der Waals surface area contributed by atoms with E-state index in [2.05, 4.69) is 23.4 Å². The van der Waals surface area contributed by atoms with Crippen LogP contribution >= 0.6 is 0 Å². The zero-order valence-corrected chi connectivity index (χ0v) is 17.8. The van der Waals surface area contributed by atoms with Crippen LogP contribution in [0.1, 0.15) is 50.0 Å². The van der Waals surface area contributed by atoms with Crippen LogP contribution < -0.4 is 4.74 Å². The van der Waals surface area contributed by atoms with Crippen LogP contribution in [0.2, 0.25) is 0 Å². The maximum absolute atomic E-state index is 14.5. The Bertz CT molecular complexity index is 1080. The summed E-state index contributed by atoms with van der Waals surface area (Å²) >= 11 is 0. The molecule has 1 aliphatic rings. The quantitative estimate of drug-likeness (QED) is 0.263. The third kappa shape index (κ3) is 4.82. The van der Waals surface area contributed by atoms with E-state index >= 15 is 0 Å². The van der Waals surface area contributed by atoms with Crippen LogP contribution in [0.5, 0.6) is 5.75 Å². The lowest BCUT2D eigenvalue weighted by molar-refractivity contribution is -0.0544. The average molecular weight is 442 g/mol. The fourth-order valence-corrected chi connectivity index (χ4v) is 4.77. The molecule has 0 spiro atoms. The summed E-state index contributed by atoms with van der Waals surface area (Å²) in [6, 6.07) is 14.2. The number of benzene rings is 3. The van der Waals surface area contributed by atoms with Crippen molar-refractivity contribution in [2.45, 2.75) is 51.1 Å². The van der Waals surface area contributed by atoms with Crippen LogP contribution in [-0.2, 0) is 0 Å². The summed E-state index contributed by atoms with van der Waals surface area (Å²) in [4.78, 5) is 0. The molecule has 1 fully saturated rings. The topological polar surface area (TPSA) is 9.23 Å². The zero-order chi connectivity index (χ0) is 22.7. The number of rotatable bonds is 7. The molecule has 1 nitrogen and oxygen atoms in total. The van der Waals surface area contributed by atoms with Crippen molar-refractivity contribution in [3.8, 4) is 16.9 Å². The first-order valence-electron chi connectivity index (χ1n) is 11.0. The molecule has 1 aliphatic carbocycles. The Morgan fingerprint density at radius 3 is 2.28 bits per heavy atom. The van der Waals surface area contributed by atoms with Crippen LogP contribution in [0.15, 0.2) is 61.2 Å². The fraction of sp³-hybridized carbons (Fsp3) is 0.333. The van der Waals surface area contributed by atoms with E-state index in [9.17, 15) is 17.6 Å². The van der Waals surface area contributed by atoms with Crippen LogP contribution in [0.3, 0.4) is 0 Å². The average Bonchev–Trinajstić information content (AvgIpc) is 2.80. The van der Waals surface area contributed by atoms with Crippen molar-refractivity contribution in [1.29, 1.82) is 0 Å². The van der Waals surface area contributed by atoms with E-state index in [0.29, 0.717) is 11.3 Å². The Morgan fingerprint density at radius 2 is 1.62 bits per heavy atom. The number of alkyl halides is 2. The number of ether oxygens (including phenoxy) is 1. The minimum absolute atomic E-state index is 0.0376. The van der Waals surface area contributed by atoms with Gasteiger partial charge in [-0.05, 0) is 84.6 Å². The monoisotopic (exact) mass is 442 g/mol. The van der Waals surface area contributed by atoms with Crippen molar-refractivity contribution in [3.63, 3.8) is 0 Å². The van der Waals surface area contributed by atoms with Crippen molar-refractivity contribution < 1.29 is 22.3 Å². The molecule has 0 amide bonds.